The number of nitrogens with two attached hydrogens (primary N) is 1. The van der Waals surface area contributed by atoms with Crippen LogP contribution in [0.4, 0.5) is 11.8 Å². The molecule has 0 bridgehead atoms. The minimum Gasteiger partial charge on any atom is -0.394 e. The third kappa shape index (κ3) is 3.68. The number of aromatic nitrogens is 4. The molecule has 1 fully saturated rings. The number of hydrogen-bond donors (Lipinski definition) is 5. The fourth-order valence-corrected chi connectivity index (χ4v) is 3.32. The average Bonchev–Trinajstić information content (AvgIpc) is 3.22. The van der Waals surface area contributed by atoms with E-state index in [0.29, 0.717) is 0 Å². The lowest BCUT2D eigenvalue weighted by atomic mass is 10.1. The Morgan fingerprint density at radius 2 is 2.00 bits per heavy atom. The van der Waals surface area contributed by atoms with E-state index in [1.54, 1.807) is 6.21 Å². The fourth-order valence-electron chi connectivity index (χ4n) is 3.05. The second-order valence-corrected chi connectivity index (χ2v) is 7.30. The van der Waals surface area contributed by atoms with Crippen LogP contribution in [0.3, 0.4) is 0 Å². The number of hydrazone groups is 1. The summed E-state index contributed by atoms with van der Waals surface area (Å²) in [6, 6.07) is 7.50. The number of rotatable bonds is 5. The Morgan fingerprint density at radius 1 is 1.24 bits per heavy atom. The molecular formula is C17H18BrN7O4. The summed E-state index contributed by atoms with van der Waals surface area (Å²) < 4.78 is 7.99. The van der Waals surface area contributed by atoms with E-state index in [-0.39, 0.29) is 22.9 Å². The molecule has 4 unspecified atom stereocenters. The van der Waals surface area contributed by atoms with Crippen molar-refractivity contribution in [1.82, 2.24) is 19.5 Å². The van der Waals surface area contributed by atoms with Crippen LogP contribution < -0.4 is 11.2 Å². The summed E-state index contributed by atoms with van der Waals surface area (Å²) in [4.78, 5) is 12.4. The fraction of sp³-hybridized carbons (Fsp3) is 0.294. The van der Waals surface area contributed by atoms with Crippen LogP contribution in [0.2, 0.25) is 0 Å². The van der Waals surface area contributed by atoms with Gasteiger partial charge < -0.3 is 25.8 Å². The van der Waals surface area contributed by atoms with Crippen molar-refractivity contribution in [2.75, 3.05) is 17.8 Å². The van der Waals surface area contributed by atoms with Gasteiger partial charge in [0.15, 0.2) is 23.2 Å². The molecule has 4 atom stereocenters. The number of ether oxygens (including phenoxy) is 1. The smallest absolute Gasteiger partial charge is 0.228 e. The van der Waals surface area contributed by atoms with E-state index in [1.807, 2.05) is 24.3 Å². The summed E-state index contributed by atoms with van der Waals surface area (Å²) in [5, 5.41) is 34.1. The van der Waals surface area contributed by atoms with Crippen LogP contribution in [0.5, 0.6) is 0 Å². The first-order chi connectivity index (χ1) is 14.0. The van der Waals surface area contributed by atoms with E-state index in [4.69, 9.17) is 10.5 Å². The first-order valence-corrected chi connectivity index (χ1v) is 9.44. The molecule has 6 N–H and O–H groups in total. The number of hydrogen-bond acceptors (Lipinski definition) is 10. The molecule has 11 nitrogen and oxygen atoms in total. The van der Waals surface area contributed by atoms with Crippen LogP contribution in [0, 0.1) is 0 Å². The maximum absolute atomic E-state index is 10.4. The Balaban J connectivity index is 1.71. The lowest BCUT2D eigenvalue weighted by molar-refractivity contribution is -0.0501. The van der Waals surface area contributed by atoms with Crippen LogP contribution in [0.15, 0.2) is 40.2 Å². The Hall–Kier alpha value is -2.64. The minimum absolute atomic E-state index is 0.139. The maximum atomic E-state index is 10.4. The van der Waals surface area contributed by atoms with Crippen LogP contribution in [-0.2, 0) is 4.74 Å². The lowest BCUT2D eigenvalue weighted by Crippen LogP contribution is -2.33. The van der Waals surface area contributed by atoms with Gasteiger partial charge in [0.1, 0.15) is 24.6 Å². The van der Waals surface area contributed by atoms with E-state index < -0.39 is 31.1 Å². The highest BCUT2D eigenvalue weighted by molar-refractivity contribution is 9.10. The number of fused-ring (bicyclic) bond motifs is 1. The van der Waals surface area contributed by atoms with Crippen LogP contribution in [-0.4, -0.2) is 66.0 Å². The monoisotopic (exact) mass is 463 g/mol. The number of nitrogen functional groups attached to an aromatic ring is 1. The SMILES string of the molecule is Nc1ncnc2c1nc(N/N=C/c1ccc(Br)cc1)n2C1OC(CO)C(O)C1O. The van der Waals surface area contributed by atoms with Gasteiger partial charge >= 0.3 is 0 Å². The van der Waals surface area contributed by atoms with Crippen molar-refractivity contribution in [3.63, 3.8) is 0 Å². The molecule has 1 aromatic carbocycles. The van der Waals surface area contributed by atoms with Gasteiger partial charge in [-0.05, 0) is 17.7 Å². The van der Waals surface area contributed by atoms with E-state index in [2.05, 4.69) is 41.4 Å². The third-order valence-electron chi connectivity index (χ3n) is 4.53. The molecule has 152 valence electrons. The first-order valence-electron chi connectivity index (χ1n) is 8.65. The van der Waals surface area contributed by atoms with Gasteiger partial charge in [0.05, 0.1) is 12.8 Å². The number of anilines is 2. The first kappa shape index (κ1) is 19.7. The van der Waals surface area contributed by atoms with Gasteiger partial charge in [-0.3, -0.25) is 4.57 Å². The zero-order chi connectivity index (χ0) is 20.5. The van der Waals surface area contributed by atoms with Gasteiger partial charge in [-0.25, -0.2) is 20.4 Å². The summed E-state index contributed by atoms with van der Waals surface area (Å²) in [6.07, 6.45) is -1.77. The van der Waals surface area contributed by atoms with Crippen LogP contribution in [0.1, 0.15) is 11.8 Å². The van der Waals surface area contributed by atoms with Gasteiger partial charge in [0, 0.05) is 4.47 Å². The molecule has 2 aromatic heterocycles. The predicted molar refractivity (Wildman–Crippen MR) is 108 cm³/mol. The quantitative estimate of drug-likeness (QED) is 0.263. The Morgan fingerprint density at radius 3 is 2.69 bits per heavy atom. The summed E-state index contributed by atoms with van der Waals surface area (Å²) in [7, 11) is 0. The molecule has 12 heteroatoms. The van der Waals surface area contributed by atoms with E-state index in [9.17, 15) is 15.3 Å². The Labute approximate surface area is 173 Å². The summed E-state index contributed by atoms with van der Waals surface area (Å²) in [5.41, 5.74) is 10.1. The minimum atomic E-state index is -1.32. The van der Waals surface area contributed by atoms with Crippen molar-refractivity contribution in [3.05, 3.63) is 40.6 Å². The van der Waals surface area contributed by atoms with E-state index in [1.165, 1.54) is 10.9 Å². The predicted octanol–water partition coefficient (Wildman–Crippen LogP) is 0.228. The van der Waals surface area contributed by atoms with Crippen LogP contribution in [0.25, 0.3) is 11.2 Å². The summed E-state index contributed by atoms with van der Waals surface area (Å²) in [6.45, 7) is -0.455. The molecule has 1 aliphatic heterocycles. The number of halogens is 1. The van der Waals surface area contributed by atoms with Crippen molar-refractivity contribution in [3.8, 4) is 0 Å². The van der Waals surface area contributed by atoms with Crippen molar-refractivity contribution in [2.45, 2.75) is 24.5 Å². The molecule has 29 heavy (non-hydrogen) atoms. The molecule has 3 aromatic rings. The highest BCUT2D eigenvalue weighted by Gasteiger charge is 2.45. The van der Waals surface area contributed by atoms with Gasteiger partial charge in [-0.1, -0.05) is 28.1 Å². The maximum Gasteiger partial charge on any atom is 0.228 e. The highest BCUT2D eigenvalue weighted by atomic mass is 79.9. The average molecular weight is 464 g/mol. The van der Waals surface area contributed by atoms with Crippen molar-refractivity contribution in [1.29, 1.82) is 0 Å². The topological polar surface area (TPSA) is 164 Å². The van der Waals surface area contributed by atoms with Gasteiger partial charge in [-0.2, -0.15) is 5.10 Å². The lowest BCUT2D eigenvalue weighted by Gasteiger charge is -2.18. The number of imidazole rings is 1. The third-order valence-corrected chi connectivity index (χ3v) is 5.05. The zero-order valence-corrected chi connectivity index (χ0v) is 16.5. The van der Waals surface area contributed by atoms with E-state index >= 15 is 0 Å². The largest absolute Gasteiger partial charge is 0.394 e. The van der Waals surface area contributed by atoms with E-state index in [0.717, 1.165) is 10.0 Å². The number of nitrogens with zero attached hydrogens (tertiary/aromatic N) is 5. The molecule has 4 rings (SSSR count). The number of nitrogens with one attached hydrogen (secondary N) is 1. The van der Waals surface area contributed by atoms with Gasteiger partial charge in [0.2, 0.25) is 5.95 Å². The van der Waals surface area contributed by atoms with Gasteiger partial charge in [0.25, 0.3) is 0 Å². The second-order valence-electron chi connectivity index (χ2n) is 6.39. The number of benzene rings is 1. The van der Waals surface area contributed by atoms with Crippen molar-refractivity contribution >= 4 is 45.1 Å². The molecule has 0 spiro atoms. The normalized spacial score (nSPS) is 24.6. The Kier molecular flexibility index (Phi) is 5.43. The molecule has 1 saturated heterocycles. The van der Waals surface area contributed by atoms with Gasteiger partial charge in [-0.15, -0.1) is 0 Å². The molecule has 1 aliphatic rings. The molecule has 3 heterocycles. The summed E-state index contributed by atoms with van der Waals surface area (Å²) >= 11 is 3.37. The second kappa shape index (κ2) is 8.00. The molecule has 0 saturated carbocycles. The molecule has 0 amide bonds. The highest BCUT2D eigenvalue weighted by Crippen LogP contribution is 2.35. The number of aliphatic hydroxyl groups is 3. The summed E-state index contributed by atoms with van der Waals surface area (Å²) in [5.74, 6) is 0.316. The molecule has 0 aliphatic carbocycles. The zero-order valence-electron chi connectivity index (χ0n) is 14.9. The number of aliphatic hydroxyl groups excluding tert-OH is 3. The Bertz CT molecular complexity index is 1040. The van der Waals surface area contributed by atoms with Crippen LogP contribution >= 0.6 is 15.9 Å². The van der Waals surface area contributed by atoms with Crippen molar-refractivity contribution < 1.29 is 20.1 Å². The standard InChI is InChI=1S/C17H18BrN7O4/c18-9-3-1-8(2-4-9)5-22-24-17-23-11-14(19)20-7-21-15(11)25(17)16-13(28)12(27)10(6-26)29-16/h1-5,7,10,12-13,16,26-28H,6H2,(H,23,24)(H2,19,20,21)/b22-5+. The molecular weight excluding hydrogens is 446 g/mol. The molecule has 0 radical (unpaired) electrons. The van der Waals surface area contributed by atoms with Crippen molar-refractivity contribution in [2.24, 2.45) is 5.10 Å².